The van der Waals surface area contributed by atoms with E-state index >= 15 is 0 Å². The highest BCUT2D eigenvalue weighted by atomic mass is 16.3. The van der Waals surface area contributed by atoms with Crippen molar-refractivity contribution in [1.82, 2.24) is 4.90 Å². The molecule has 1 aliphatic rings. The highest BCUT2D eigenvalue weighted by molar-refractivity contribution is 6.21. The van der Waals surface area contributed by atoms with Gasteiger partial charge in [0.05, 0.1) is 11.1 Å². The highest BCUT2D eigenvalue weighted by Gasteiger charge is 2.38. The molecule has 4 nitrogen and oxygen atoms in total. The molecule has 1 atom stereocenters. The van der Waals surface area contributed by atoms with E-state index in [4.69, 9.17) is 5.11 Å². The summed E-state index contributed by atoms with van der Waals surface area (Å²) in [5, 5.41) is 9.01. The fourth-order valence-corrected chi connectivity index (χ4v) is 2.37. The molecule has 2 amide bonds. The molecular weight excluding hydrogens is 230 g/mol. The van der Waals surface area contributed by atoms with Gasteiger partial charge in [-0.05, 0) is 31.9 Å². The molecule has 0 aromatic heterocycles. The lowest BCUT2D eigenvalue weighted by atomic mass is 10.1. The van der Waals surface area contributed by atoms with Crippen LogP contribution < -0.4 is 0 Å². The van der Waals surface area contributed by atoms with Gasteiger partial charge in [-0.1, -0.05) is 18.6 Å². The number of imide groups is 1. The Morgan fingerprint density at radius 2 is 1.89 bits per heavy atom. The third kappa shape index (κ3) is 1.93. The number of rotatable bonds is 4. The molecule has 1 aromatic rings. The zero-order chi connectivity index (χ0) is 13.3. The highest BCUT2D eigenvalue weighted by Crippen LogP contribution is 2.27. The molecule has 1 unspecified atom stereocenters. The largest absolute Gasteiger partial charge is 0.396 e. The van der Waals surface area contributed by atoms with Crippen molar-refractivity contribution in [3.63, 3.8) is 0 Å². The van der Waals surface area contributed by atoms with Crippen LogP contribution in [0.15, 0.2) is 18.2 Å². The minimum atomic E-state index is -0.240. The van der Waals surface area contributed by atoms with E-state index < -0.39 is 0 Å². The van der Waals surface area contributed by atoms with Crippen LogP contribution in [0.4, 0.5) is 0 Å². The Morgan fingerprint density at radius 1 is 1.22 bits per heavy atom. The van der Waals surface area contributed by atoms with Crippen LogP contribution in [0.5, 0.6) is 0 Å². The molecule has 0 bridgehead atoms. The first-order valence-electron chi connectivity index (χ1n) is 6.19. The predicted molar refractivity (Wildman–Crippen MR) is 67.5 cm³/mol. The SMILES string of the molecule is CCC(CCO)N1C(=O)c2ccc(C)cc2C1=O. The summed E-state index contributed by atoms with van der Waals surface area (Å²) in [5.41, 5.74) is 1.92. The second kappa shape index (κ2) is 4.90. The lowest BCUT2D eigenvalue weighted by Crippen LogP contribution is -2.40. The van der Waals surface area contributed by atoms with Crippen LogP contribution in [0.25, 0.3) is 0 Å². The van der Waals surface area contributed by atoms with Gasteiger partial charge in [0.25, 0.3) is 11.8 Å². The molecule has 0 spiro atoms. The maximum atomic E-state index is 12.3. The molecular formula is C14H17NO3. The number of aliphatic hydroxyl groups is 1. The number of fused-ring (bicyclic) bond motifs is 1. The number of nitrogens with zero attached hydrogens (tertiary/aromatic N) is 1. The van der Waals surface area contributed by atoms with Crippen molar-refractivity contribution in [2.75, 3.05) is 6.61 Å². The maximum absolute atomic E-state index is 12.3. The number of hydrogen-bond acceptors (Lipinski definition) is 3. The van der Waals surface area contributed by atoms with Crippen LogP contribution in [0.1, 0.15) is 46.0 Å². The van der Waals surface area contributed by atoms with Gasteiger partial charge in [-0.25, -0.2) is 0 Å². The van der Waals surface area contributed by atoms with E-state index in [0.29, 0.717) is 24.0 Å². The molecule has 2 rings (SSSR count). The summed E-state index contributed by atoms with van der Waals surface area (Å²) in [6.45, 7) is 3.78. The monoisotopic (exact) mass is 247 g/mol. The van der Waals surface area contributed by atoms with Crippen LogP contribution in [-0.4, -0.2) is 34.5 Å². The van der Waals surface area contributed by atoms with Crippen LogP contribution in [0.2, 0.25) is 0 Å². The van der Waals surface area contributed by atoms with Gasteiger partial charge in [0, 0.05) is 12.6 Å². The third-order valence-corrected chi connectivity index (χ3v) is 3.37. The molecule has 0 radical (unpaired) electrons. The lowest BCUT2D eigenvalue weighted by molar-refractivity contribution is 0.0556. The molecule has 1 heterocycles. The molecule has 0 fully saturated rings. The van der Waals surface area contributed by atoms with Crippen molar-refractivity contribution in [3.8, 4) is 0 Å². The van der Waals surface area contributed by atoms with E-state index in [0.717, 1.165) is 5.56 Å². The number of hydrogen-bond donors (Lipinski definition) is 1. The number of carbonyl (C=O) groups excluding carboxylic acids is 2. The quantitative estimate of drug-likeness (QED) is 0.825. The van der Waals surface area contributed by atoms with Gasteiger partial charge < -0.3 is 5.11 Å². The number of amides is 2. The van der Waals surface area contributed by atoms with E-state index in [-0.39, 0.29) is 24.5 Å². The molecule has 0 saturated heterocycles. The van der Waals surface area contributed by atoms with Crippen LogP contribution >= 0.6 is 0 Å². The Balaban J connectivity index is 2.38. The average Bonchev–Trinajstić information content (AvgIpc) is 2.59. The zero-order valence-electron chi connectivity index (χ0n) is 10.6. The van der Waals surface area contributed by atoms with Gasteiger partial charge >= 0.3 is 0 Å². The summed E-state index contributed by atoms with van der Waals surface area (Å²) < 4.78 is 0. The van der Waals surface area contributed by atoms with E-state index in [2.05, 4.69) is 0 Å². The summed E-state index contributed by atoms with van der Waals surface area (Å²) in [5.74, 6) is -0.477. The second-order valence-corrected chi connectivity index (χ2v) is 4.60. The summed E-state index contributed by atoms with van der Waals surface area (Å²) >= 11 is 0. The van der Waals surface area contributed by atoms with E-state index in [9.17, 15) is 9.59 Å². The fraction of sp³-hybridized carbons (Fsp3) is 0.429. The Morgan fingerprint density at radius 3 is 2.50 bits per heavy atom. The summed E-state index contributed by atoms with van der Waals surface area (Å²) in [4.78, 5) is 25.8. The standard InChI is InChI=1S/C14H17NO3/c1-3-10(6-7-16)15-13(17)11-5-4-9(2)8-12(11)14(15)18/h4-5,8,10,16H,3,6-7H2,1-2H3. The minimum absolute atomic E-state index is 0.0229. The molecule has 1 N–H and O–H groups in total. The Hall–Kier alpha value is -1.68. The molecule has 0 aliphatic carbocycles. The fourth-order valence-electron chi connectivity index (χ4n) is 2.37. The normalized spacial score (nSPS) is 16.1. The summed E-state index contributed by atoms with van der Waals surface area (Å²) in [6.07, 6.45) is 1.09. The Bertz CT molecular complexity index is 496. The molecule has 18 heavy (non-hydrogen) atoms. The van der Waals surface area contributed by atoms with Gasteiger partial charge in [0.2, 0.25) is 0 Å². The summed E-state index contributed by atoms with van der Waals surface area (Å²) in [6, 6.07) is 5.07. The van der Waals surface area contributed by atoms with Gasteiger partial charge in [-0.15, -0.1) is 0 Å². The van der Waals surface area contributed by atoms with E-state index in [1.807, 2.05) is 19.9 Å². The van der Waals surface area contributed by atoms with Crippen molar-refractivity contribution in [1.29, 1.82) is 0 Å². The van der Waals surface area contributed by atoms with Crippen LogP contribution in [-0.2, 0) is 0 Å². The number of carbonyl (C=O) groups is 2. The van der Waals surface area contributed by atoms with Gasteiger partial charge in [-0.3, -0.25) is 14.5 Å². The van der Waals surface area contributed by atoms with Crippen LogP contribution in [0, 0.1) is 6.92 Å². The third-order valence-electron chi connectivity index (χ3n) is 3.37. The predicted octanol–water partition coefficient (Wildman–Crippen LogP) is 1.75. The van der Waals surface area contributed by atoms with E-state index in [1.54, 1.807) is 12.1 Å². The molecule has 1 aliphatic heterocycles. The Kier molecular flexibility index (Phi) is 3.48. The average molecular weight is 247 g/mol. The molecule has 0 saturated carbocycles. The number of benzene rings is 1. The van der Waals surface area contributed by atoms with Crippen molar-refractivity contribution in [3.05, 3.63) is 34.9 Å². The molecule has 96 valence electrons. The van der Waals surface area contributed by atoms with Crippen molar-refractivity contribution < 1.29 is 14.7 Å². The van der Waals surface area contributed by atoms with E-state index in [1.165, 1.54) is 4.90 Å². The minimum Gasteiger partial charge on any atom is -0.396 e. The lowest BCUT2D eigenvalue weighted by Gasteiger charge is -2.24. The number of aliphatic hydroxyl groups excluding tert-OH is 1. The van der Waals surface area contributed by atoms with Gasteiger partial charge in [0.15, 0.2) is 0 Å². The first-order valence-corrected chi connectivity index (χ1v) is 6.19. The topological polar surface area (TPSA) is 57.6 Å². The van der Waals surface area contributed by atoms with Crippen molar-refractivity contribution >= 4 is 11.8 Å². The molecule has 4 heteroatoms. The number of aryl methyl sites for hydroxylation is 1. The Labute approximate surface area is 106 Å². The van der Waals surface area contributed by atoms with Crippen LogP contribution in [0.3, 0.4) is 0 Å². The first-order chi connectivity index (χ1) is 8.60. The van der Waals surface area contributed by atoms with Crippen molar-refractivity contribution in [2.24, 2.45) is 0 Å². The first kappa shape index (κ1) is 12.8. The van der Waals surface area contributed by atoms with Crippen molar-refractivity contribution in [2.45, 2.75) is 32.7 Å². The second-order valence-electron chi connectivity index (χ2n) is 4.60. The van der Waals surface area contributed by atoms with Gasteiger partial charge in [0.1, 0.15) is 0 Å². The zero-order valence-corrected chi connectivity index (χ0v) is 10.6. The smallest absolute Gasteiger partial charge is 0.261 e. The maximum Gasteiger partial charge on any atom is 0.261 e. The molecule has 1 aromatic carbocycles. The summed E-state index contributed by atoms with van der Waals surface area (Å²) in [7, 11) is 0. The van der Waals surface area contributed by atoms with Gasteiger partial charge in [-0.2, -0.15) is 0 Å².